The molecule has 4 nitrogen and oxygen atoms in total. The molecule has 2 atom stereocenters. The molecule has 0 spiro atoms. The number of nitrogens with two attached hydrogens (primary N) is 1. The predicted octanol–water partition coefficient (Wildman–Crippen LogP) is 2.93. The number of nitrogens with zero attached hydrogens (tertiary/aromatic N) is 1. The van der Waals surface area contributed by atoms with Gasteiger partial charge in [-0.25, -0.2) is 4.79 Å². The zero-order valence-corrected chi connectivity index (χ0v) is 11.9. The summed E-state index contributed by atoms with van der Waals surface area (Å²) in [6.07, 6.45) is 2.10. The van der Waals surface area contributed by atoms with Crippen molar-refractivity contribution in [1.82, 2.24) is 4.90 Å². The maximum Gasteiger partial charge on any atom is 0.321 e. The van der Waals surface area contributed by atoms with Crippen molar-refractivity contribution in [2.24, 2.45) is 11.7 Å². The monoisotopic (exact) mass is 281 g/mol. The van der Waals surface area contributed by atoms with E-state index in [0.29, 0.717) is 10.9 Å². The second-order valence-electron chi connectivity index (χ2n) is 5.15. The average molecular weight is 282 g/mol. The van der Waals surface area contributed by atoms with Crippen LogP contribution in [0.4, 0.5) is 10.5 Å². The number of piperidine rings is 1. The molecule has 0 aromatic heterocycles. The summed E-state index contributed by atoms with van der Waals surface area (Å²) in [6, 6.07) is 7.22. The van der Waals surface area contributed by atoms with Crippen LogP contribution in [0.2, 0.25) is 5.02 Å². The number of hydrogen-bond donors (Lipinski definition) is 2. The Balaban J connectivity index is 1.96. The molecule has 2 rings (SSSR count). The highest BCUT2D eigenvalue weighted by molar-refractivity contribution is 6.30. The molecule has 0 saturated carbocycles. The minimum atomic E-state index is -0.0763. The highest BCUT2D eigenvalue weighted by Gasteiger charge is 2.25. The molecule has 1 saturated heterocycles. The quantitative estimate of drug-likeness (QED) is 0.876. The third kappa shape index (κ3) is 3.85. The fraction of sp³-hybridized carbons (Fsp3) is 0.500. The van der Waals surface area contributed by atoms with Crippen molar-refractivity contribution in [1.29, 1.82) is 0 Å². The zero-order valence-electron chi connectivity index (χ0n) is 11.1. The van der Waals surface area contributed by atoms with Crippen LogP contribution in [0.3, 0.4) is 0 Å². The van der Waals surface area contributed by atoms with E-state index < -0.39 is 0 Å². The van der Waals surface area contributed by atoms with Crippen molar-refractivity contribution in [2.45, 2.75) is 25.8 Å². The summed E-state index contributed by atoms with van der Waals surface area (Å²) < 4.78 is 0. The Labute approximate surface area is 118 Å². The van der Waals surface area contributed by atoms with Crippen molar-refractivity contribution in [3.8, 4) is 0 Å². The summed E-state index contributed by atoms with van der Waals surface area (Å²) >= 11 is 5.90. The molecule has 3 N–H and O–H groups in total. The summed E-state index contributed by atoms with van der Waals surface area (Å²) in [4.78, 5) is 14.0. The standard InChI is InChI=1S/C14H20ClN3O/c1-10(16)11-4-3-7-18(9-11)14(19)17-13-6-2-5-12(15)8-13/h2,5-6,8,10-11H,3-4,7,9,16H2,1H3,(H,17,19). The molecule has 1 aliphatic rings. The van der Waals surface area contributed by atoms with Gasteiger partial charge in [-0.3, -0.25) is 0 Å². The highest BCUT2D eigenvalue weighted by Crippen LogP contribution is 2.20. The molecular formula is C14H20ClN3O. The normalized spacial score (nSPS) is 21.0. The first-order chi connectivity index (χ1) is 9.06. The lowest BCUT2D eigenvalue weighted by Gasteiger charge is -2.34. The molecule has 1 fully saturated rings. The second kappa shape index (κ2) is 6.26. The largest absolute Gasteiger partial charge is 0.328 e. The van der Waals surface area contributed by atoms with Crippen LogP contribution in [0.1, 0.15) is 19.8 Å². The van der Waals surface area contributed by atoms with Gasteiger partial charge in [0.2, 0.25) is 0 Å². The molecule has 5 heteroatoms. The number of nitrogens with one attached hydrogen (secondary N) is 1. The molecule has 1 aromatic rings. The Kier molecular flexibility index (Phi) is 4.66. The maximum atomic E-state index is 12.2. The van der Waals surface area contributed by atoms with Crippen LogP contribution >= 0.6 is 11.6 Å². The number of urea groups is 1. The molecule has 2 amide bonds. The fourth-order valence-corrected chi connectivity index (χ4v) is 2.58. The van der Waals surface area contributed by atoms with E-state index >= 15 is 0 Å². The third-order valence-electron chi connectivity index (χ3n) is 3.56. The lowest BCUT2D eigenvalue weighted by molar-refractivity contribution is 0.169. The minimum Gasteiger partial charge on any atom is -0.328 e. The number of likely N-dealkylation sites (tertiary alicyclic amines) is 1. The summed E-state index contributed by atoms with van der Waals surface area (Å²) in [5.41, 5.74) is 6.65. The number of halogens is 1. The van der Waals surface area contributed by atoms with Crippen molar-refractivity contribution in [3.63, 3.8) is 0 Å². The van der Waals surface area contributed by atoms with Crippen LogP contribution in [0.15, 0.2) is 24.3 Å². The third-order valence-corrected chi connectivity index (χ3v) is 3.80. The summed E-state index contributed by atoms with van der Waals surface area (Å²) in [5, 5.41) is 3.49. The smallest absolute Gasteiger partial charge is 0.321 e. The average Bonchev–Trinajstić information content (AvgIpc) is 2.39. The van der Waals surface area contributed by atoms with E-state index in [1.807, 2.05) is 24.0 Å². The summed E-state index contributed by atoms with van der Waals surface area (Å²) in [6.45, 7) is 3.52. The lowest BCUT2D eigenvalue weighted by atomic mass is 9.92. The van der Waals surface area contributed by atoms with Crippen LogP contribution in [-0.4, -0.2) is 30.1 Å². The van der Waals surface area contributed by atoms with Gasteiger partial charge in [0.25, 0.3) is 0 Å². The van der Waals surface area contributed by atoms with Gasteiger partial charge >= 0.3 is 6.03 Å². The fourth-order valence-electron chi connectivity index (χ4n) is 2.39. The van der Waals surface area contributed by atoms with Crippen LogP contribution in [0, 0.1) is 5.92 Å². The summed E-state index contributed by atoms with van der Waals surface area (Å²) in [7, 11) is 0. The predicted molar refractivity (Wildman–Crippen MR) is 78.4 cm³/mol. The number of carbonyl (C=O) groups is 1. The molecule has 19 heavy (non-hydrogen) atoms. The van der Waals surface area contributed by atoms with E-state index in [1.54, 1.807) is 12.1 Å². The van der Waals surface area contributed by atoms with Crippen LogP contribution < -0.4 is 11.1 Å². The van der Waals surface area contributed by atoms with E-state index in [1.165, 1.54) is 0 Å². The molecule has 104 valence electrons. The molecule has 0 aliphatic carbocycles. The van der Waals surface area contributed by atoms with Gasteiger partial charge in [-0.1, -0.05) is 17.7 Å². The van der Waals surface area contributed by atoms with Gasteiger partial charge in [-0.2, -0.15) is 0 Å². The van der Waals surface area contributed by atoms with E-state index in [4.69, 9.17) is 17.3 Å². The SMILES string of the molecule is CC(N)C1CCCN(C(=O)Nc2cccc(Cl)c2)C1. The number of hydrogen-bond acceptors (Lipinski definition) is 2. The van der Waals surface area contributed by atoms with Gasteiger partial charge in [0, 0.05) is 29.8 Å². The number of anilines is 1. The Hall–Kier alpha value is -1.26. The molecule has 0 radical (unpaired) electrons. The molecule has 1 aromatic carbocycles. The van der Waals surface area contributed by atoms with Crippen LogP contribution in [0.5, 0.6) is 0 Å². The van der Waals surface area contributed by atoms with Crippen molar-refractivity contribution in [3.05, 3.63) is 29.3 Å². The number of rotatable bonds is 2. The summed E-state index contributed by atoms with van der Waals surface area (Å²) in [5.74, 6) is 0.388. The number of carbonyl (C=O) groups excluding carboxylic acids is 1. The van der Waals surface area contributed by atoms with Gasteiger partial charge in [0.1, 0.15) is 0 Å². The Morgan fingerprint density at radius 2 is 2.37 bits per heavy atom. The van der Waals surface area contributed by atoms with Gasteiger partial charge in [-0.05, 0) is 43.9 Å². The van der Waals surface area contributed by atoms with E-state index in [2.05, 4.69) is 5.32 Å². The Morgan fingerprint density at radius 3 is 3.05 bits per heavy atom. The molecule has 1 heterocycles. The van der Waals surface area contributed by atoms with Gasteiger partial charge in [0.15, 0.2) is 0 Å². The Bertz CT molecular complexity index is 450. The van der Waals surface area contributed by atoms with Crippen molar-refractivity contribution >= 4 is 23.3 Å². The van der Waals surface area contributed by atoms with E-state index in [0.717, 1.165) is 31.6 Å². The van der Waals surface area contributed by atoms with Gasteiger partial charge in [-0.15, -0.1) is 0 Å². The molecule has 0 bridgehead atoms. The highest BCUT2D eigenvalue weighted by atomic mass is 35.5. The van der Waals surface area contributed by atoms with E-state index in [-0.39, 0.29) is 12.1 Å². The first-order valence-electron chi connectivity index (χ1n) is 6.63. The lowest BCUT2D eigenvalue weighted by Crippen LogP contribution is -2.46. The first-order valence-corrected chi connectivity index (χ1v) is 7.01. The topological polar surface area (TPSA) is 58.4 Å². The number of amides is 2. The van der Waals surface area contributed by atoms with Gasteiger partial charge < -0.3 is 16.0 Å². The van der Waals surface area contributed by atoms with Gasteiger partial charge in [0.05, 0.1) is 0 Å². The maximum absolute atomic E-state index is 12.2. The first kappa shape index (κ1) is 14.2. The molecule has 2 unspecified atom stereocenters. The van der Waals surface area contributed by atoms with Crippen LogP contribution in [-0.2, 0) is 0 Å². The van der Waals surface area contributed by atoms with Crippen molar-refractivity contribution < 1.29 is 4.79 Å². The van der Waals surface area contributed by atoms with Crippen molar-refractivity contribution in [2.75, 3.05) is 18.4 Å². The second-order valence-corrected chi connectivity index (χ2v) is 5.58. The van der Waals surface area contributed by atoms with E-state index in [9.17, 15) is 4.79 Å². The molecular weight excluding hydrogens is 262 g/mol. The zero-order chi connectivity index (χ0) is 13.8. The Morgan fingerprint density at radius 1 is 1.58 bits per heavy atom. The van der Waals surface area contributed by atoms with Crippen LogP contribution in [0.25, 0.3) is 0 Å². The number of benzene rings is 1. The minimum absolute atomic E-state index is 0.0763. The molecule has 1 aliphatic heterocycles.